The number of rotatable bonds is 1. The lowest BCUT2D eigenvalue weighted by Crippen LogP contribution is -1.90. The first-order valence-corrected chi connectivity index (χ1v) is 4.47. The summed E-state index contributed by atoms with van der Waals surface area (Å²) in [4.78, 5) is 8.12. The van der Waals surface area contributed by atoms with Gasteiger partial charge >= 0.3 is 0 Å². The van der Waals surface area contributed by atoms with Crippen LogP contribution >= 0.6 is 11.6 Å². The summed E-state index contributed by atoms with van der Waals surface area (Å²) in [6.07, 6.45) is 4.89. The second-order valence-corrected chi connectivity index (χ2v) is 3.18. The van der Waals surface area contributed by atoms with E-state index in [0.717, 1.165) is 11.3 Å². The topological polar surface area (TPSA) is 51.8 Å². The molecule has 0 spiro atoms. The van der Waals surface area contributed by atoms with E-state index in [1.807, 2.05) is 12.1 Å². The molecule has 14 heavy (non-hydrogen) atoms. The van der Waals surface area contributed by atoms with Crippen LogP contribution in [0.3, 0.4) is 0 Å². The molecule has 0 saturated heterocycles. The van der Waals surface area contributed by atoms with Crippen LogP contribution < -0.4 is 5.73 Å². The molecule has 1 aromatic heterocycles. The Kier molecular flexibility index (Phi) is 2.33. The van der Waals surface area contributed by atoms with Crippen LogP contribution in [0.1, 0.15) is 0 Å². The van der Waals surface area contributed by atoms with E-state index >= 15 is 0 Å². The van der Waals surface area contributed by atoms with Crippen LogP contribution in [0.25, 0.3) is 11.3 Å². The molecule has 1 heterocycles. The lowest BCUT2D eigenvalue weighted by molar-refractivity contribution is 1.21. The Hall–Kier alpha value is -1.61. The van der Waals surface area contributed by atoms with Gasteiger partial charge in [-0.3, -0.25) is 9.97 Å². The van der Waals surface area contributed by atoms with Gasteiger partial charge < -0.3 is 5.73 Å². The molecule has 2 N–H and O–H groups in total. The smallest absolute Gasteiger partial charge is 0.0900 e. The number of nitrogens with two attached hydrogens (primary N) is 1. The zero-order valence-corrected chi connectivity index (χ0v) is 8.07. The van der Waals surface area contributed by atoms with Gasteiger partial charge in [-0.1, -0.05) is 23.7 Å². The molecule has 0 aliphatic carbocycles. The minimum atomic E-state index is 0.521. The number of hydrogen-bond donors (Lipinski definition) is 1. The third-order valence-electron chi connectivity index (χ3n) is 1.87. The van der Waals surface area contributed by atoms with Crippen LogP contribution in [0.15, 0.2) is 36.8 Å². The first kappa shape index (κ1) is 8.97. The minimum absolute atomic E-state index is 0.521. The molecule has 0 aliphatic heterocycles. The molecule has 1 aromatic carbocycles. The van der Waals surface area contributed by atoms with Gasteiger partial charge in [0.1, 0.15) is 0 Å². The van der Waals surface area contributed by atoms with E-state index in [2.05, 4.69) is 9.97 Å². The number of anilines is 1. The quantitative estimate of drug-likeness (QED) is 0.728. The lowest BCUT2D eigenvalue weighted by Gasteiger charge is -2.04. The van der Waals surface area contributed by atoms with Crippen LogP contribution in [0.5, 0.6) is 0 Å². The summed E-state index contributed by atoms with van der Waals surface area (Å²) in [5, 5.41) is 0.521. The molecule has 0 aliphatic rings. The summed E-state index contributed by atoms with van der Waals surface area (Å²) >= 11 is 6.03. The highest BCUT2D eigenvalue weighted by Gasteiger charge is 2.06. The third-order valence-corrected chi connectivity index (χ3v) is 2.29. The molecule has 0 saturated carbocycles. The molecule has 4 heteroatoms. The molecule has 2 aromatic rings. The number of halogens is 1. The molecule has 0 amide bonds. The SMILES string of the molecule is Nc1cccc(-c2cnccn2)c1Cl. The van der Waals surface area contributed by atoms with Crippen LogP contribution in [0, 0.1) is 0 Å². The molecular weight excluding hydrogens is 198 g/mol. The van der Waals surface area contributed by atoms with E-state index in [1.54, 1.807) is 24.7 Å². The maximum Gasteiger partial charge on any atom is 0.0900 e. The highest BCUT2D eigenvalue weighted by Crippen LogP contribution is 2.30. The van der Waals surface area contributed by atoms with Gasteiger partial charge in [-0.25, -0.2) is 0 Å². The fraction of sp³-hybridized carbons (Fsp3) is 0. The van der Waals surface area contributed by atoms with Crippen LogP contribution in [0.4, 0.5) is 5.69 Å². The lowest BCUT2D eigenvalue weighted by atomic mass is 10.1. The number of benzene rings is 1. The van der Waals surface area contributed by atoms with Crippen molar-refractivity contribution in [3.8, 4) is 11.3 Å². The minimum Gasteiger partial charge on any atom is -0.398 e. The molecular formula is C10H8ClN3. The van der Waals surface area contributed by atoms with Crippen molar-refractivity contribution in [1.29, 1.82) is 0 Å². The van der Waals surface area contributed by atoms with Gasteiger partial charge in [0.05, 0.1) is 22.6 Å². The Morgan fingerprint density at radius 3 is 2.79 bits per heavy atom. The first-order chi connectivity index (χ1) is 6.79. The zero-order valence-electron chi connectivity index (χ0n) is 7.31. The summed E-state index contributed by atoms with van der Waals surface area (Å²) in [6.45, 7) is 0. The van der Waals surface area contributed by atoms with Crippen molar-refractivity contribution in [2.45, 2.75) is 0 Å². The van der Waals surface area contributed by atoms with Crippen LogP contribution in [0.2, 0.25) is 5.02 Å². The van der Waals surface area contributed by atoms with E-state index in [1.165, 1.54) is 0 Å². The average Bonchev–Trinajstić information content (AvgIpc) is 2.23. The summed E-state index contributed by atoms with van der Waals surface area (Å²) in [5.74, 6) is 0. The molecule has 2 rings (SSSR count). The Labute approximate surface area is 86.6 Å². The Morgan fingerprint density at radius 1 is 1.21 bits per heavy atom. The van der Waals surface area contributed by atoms with Crippen LogP contribution in [-0.4, -0.2) is 9.97 Å². The van der Waals surface area contributed by atoms with Crippen LogP contribution in [-0.2, 0) is 0 Å². The zero-order chi connectivity index (χ0) is 9.97. The van der Waals surface area contributed by atoms with Crippen molar-refractivity contribution in [2.75, 3.05) is 5.73 Å². The number of aromatic nitrogens is 2. The van der Waals surface area contributed by atoms with E-state index in [4.69, 9.17) is 17.3 Å². The predicted molar refractivity (Wildman–Crippen MR) is 56.9 cm³/mol. The van der Waals surface area contributed by atoms with Gasteiger partial charge in [-0.2, -0.15) is 0 Å². The van der Waals surface area contributed by atoms with Crippen molar-refractivity contribution in [2.24, 2.45) is 0 Å². The second kappa shape index (κ2) is 3.64. The largest absolute Gasteiger partial charge is 0.398 e. The maximum atomic E-state index is 6.03. The molecule has 3 nitrogen and oxygen atoms in total. The summed E-state index contributed by atoms with van der Waals surface area (Å²) in [6, 6.07) is 5.45. The van der Waals surface area contributed by atoms with E-state index in [0.29, 0.717) is 10.7 Å². The molecule has 0 unspecified atom stereocenters. The Bertz CT molecular complexity index is 442. The fourth-order valence-corrected chi connectivity index (χ4v) is 1.41. The fourth-order valence-electron chi connectivity index (χ4n) is 1.19. The van der Waals surface area contributed by atoms with Crippen molar-refractivity contribution < 1.29 is 0 Å². The van der Waals surface area contributed by atoms with Gasteiger partial charge in [0.15, 0.2) is 0 Å². The van der Waals surface area contributed by atoms with Gasteiger partial charge in [0.2, 0.25) is 0 Å². The van der Waals surface area contributed by atoms with E-state index in [9.17, 15) is 0 Å². The van der Waals surface area contributed by atoms with Crippen molar-refractivity contribution >= 4 is 17.3 Å². The highest BCUT2D eigenvalue weighted by atomic mass is 35.5. The van der Waals surface area contributed by atoms with Gasteiger partial charge in [-0.15, -0.1) is 0 Å². The second-order valence-electron chi connectivity index (χ2n) is 2.80. The van der Waals surface area contributed by atoms with Gasteiger partial charge in [-0.05, 0) is 6.07 Å². The molecule has 0 bridgehead atoms. The third kappa shape index (κ3) is 1.54. The average molecular weight is 206 g/mol. The van der Waals surface area contributed by atoms with E-state index < -0.39 is 0 Å². The Balaban J connectivity index is 2.58. The predicted octanol–water partition coefficient (Wildman–Crippen LogP) is 2.38. The summed E-state index contributed by atoms with van der Waals surface area (Å²) in [5.41, 5.74) is 7.76. The number of nitrogens with zero attached hydrogens (tertiary/aromatic N) is 2. The molecule has 0 fully saturated rings. The monoisotopic (exact) mass is 205 g/mol. The maximum absolute atomic E-state index is 6.03. The summed E-state index contributed by atoms with van der Waals surface area (Å²) < 4.78 is 0. The van der Waals surface area contributed by atoms with Crippen molar-refractivity contribution in [3.05, 3.63) is 41.8 Å². The van der Waals surface area contributed by atoms with E-state index in [-0.39, 0.29) is 0 Å². The normalized spacial score (nSPS) is 10.1. The standard InChI is InChI=1S/C10H8ClN3/c11-10-7(2-1-3-8(10)12)9-6-13-4-5-14-9/h1-6H,12H2. The Morgan fingerprint density at radius 2 is 2.07 bits per heavy atom. The van der Waals surface area contributed by atoms with Crippen molar-refractivity contribution in [3.63, 3.8) is 0 Å². The summed E-state index contributed by atoms with van der Waals surface area (Å²) in [7, 11) is 0. The molecule has 70 valence electrons. The molecule has 0 radical (unpaired) electrons. The highest BCUT2D eigenvalue weighted by molar-refractivity contribution is 6.35. The van der Waals surface area contributed by atoms with Crippen molar-refractivity contribution in [1.82, 2.24) is 9.97 Å². The van der Waals surface area contributed by atoms with Gasteiger partial charge in [0, 0.05) is 18.0 Å². The number of hydrogen-bond acceptors (Lipinski definition) is 3. The first-order valence-electron chi connectivity index (χ1n) is 4.09. The number of nitrogen functional groups attached to an aromatic ring is 1. The van der Waals surface area contributed by atoms with Gasteiger partial charge in [0.25, 0.3) is 0 Å². The molecule has 0 atom stereocenters.